The number of carbonyl (C=O) groups is 1. The molecule has 0 aliphatic carbocycles. The summed E-state index contributed by atoms with van der Waals surface area (Å²) >= 11 is 3.10. The Kier molecular flexibility index (Phi) is 6.24. The predicted octanol–water partition coefficient (Wildman–Crippen LogP) is 3.81. The lowest BCUT2D eigenvalue weighted by Crippen LogP contribution is -2.41. The number of unbranched alkanes of at least 4 members (excludes halogenated alkanes) is 1. The van der Waals surface area contributed by atoms with Gasteiger partial charge in [-0.25, -0.2) is 0 Å². The molecule has 2 rings (SSSR count). The van der Waals surface area contributed by atoms with Gasteiger partial charge in [-0.05, 0) is 38.6 Å². The zero-order valence-corrected chi connectivity index (χ0v) is 15.8. The van der Waals surface area contributed by atoms with E-state index in [2.05, 4.69) is 33.1 Å². The first-order valence-corrected chi connectivity index (χ1v) is 9.68. The van der Waals surface area contributed by atoms with E-state index in [0.29, 0.717) is 5.75 Å². The van der Waals surface area contributed by atoms with Crippen molar-refractivity contribution in [2.24, 2.45) is 0 Å². The van der Waals surface area contributed by atoms with E-state index in [1.54, 1.807) is 11.3 Å². The van der Waals surface area contributed by atoms with E-state index >= 15 is 0 Å². The lowest BCUT2D eigenvalue weighted by molar-refractivity contribution is -0.119. The molecule has 0 aromatic carbocycles. The molecule has 2 heterocycles. The van der Waals surface area contributed by atoms with E-state index < -0.39 is 0 Å². The van der Waals surface area contributed by atoms with Crippen molar-refractivity contribution in [1.82, 2.24) is 20.1 Å². The Morgan fingerprint density at radius 2 is 2.17 bits per heavy atom. The molecule has 5 nitrogen and oxygen atoms in total. The molecule has 0 radical (unpaired) electrons. The summed E-state index contributed by atoms with van der Waals surface area (Å²) in [7, 11) is 0. The summed E-state index contributed by atoms with van der Waals surface area (Å²) in [5, 5.41) is 14.5. The van der Waals surface area contributed by atoms with Crippen molar-refractivity contribution in [3.05, 3.63) is 17.5 Å². The highest BCUT2D eigenvalue weighted by Gasteiger charge is 2.18. The fourth-order valence-corrected chi connectivity index (χ4v) is 3.57. The van der Waals surface area contributed by atoms with Crippen LogP contribution in [-0.2, 0) is 11.3 Å². The molecule has 23 heavy (non-hydrogen) atoms. The number of nitrogens with zero attached hydrogens (tertiary/aromatic N) is 3. The van der Waals surface area contributed by atoms with Gasteiger partial charge in [0.2, 0.25) is 5.91 Å². The van der Waals surface area contributed by atoms with E-state index in [4.69, 9.17) is 0 Å². The molecule has 1 N–H and O–H groups in total. The molecule has 0 aliphatic heterocycles. The largest absolute Gasteiger partial charge is 0.351 e. The minimum atomic E-state index is -0.213. The number of amides is 1. The third kappa shape index (κ3) is 5.35. The molecule has 1 amide bonds. The number of carbonyl (C=O) groups excluding carboxylic acids is 1. The van der Waals surface area contributed by atoms with Crippen LogP contribution in [-0.4, -0.2) is 32.0 Å². The molecular weight excluding hydrogens is 328 g/mol. The molecule has 0 atom stereocenters. The fraction of sp³-hybridized carbons (Fsp3) is 0.562. The van der Waals surface area contributed by atoms with E-state index in [-0.39, 0.29) is 11.4 Å². The molecular formula is C16H24N4OS2. The highest BCUT2D eigenvalue weighted by atomic mass is 32.2. The van der Waals surface area contributed by atoms with Crippen molar-refractivity contribution in [2.45, 2.75) is 57.8 Å². The highest BCUT2D eigenvalue weighted by Crippen LogP contribution is 2.27. The molecule has 0 spiro atoms. The van der Waals surface area contributed by atoms with Gasteiger partial charge in [-0.15, -0.1) is 21.5 Å². The lowest BCUT2D eigenvalue weighted by atomic mass is 10.1. The van der Waals surface area contributed by atoms with Gasteiger partial charge in [0.25, 0.3) is 0 Å². The zero-order chi connectivity index (χ0) is 16.9. The lowest BCUT2D eigenvalue weighted by Gasteiger charge is -2.20. The van der Waals surface area contributed by atoms with Gasteiger partial charge < -0.3 is 9.88 Å². The first-order chi connectivity index (χ1) is 10.9. The molecule has 0 bridgehead atoms. The number of rotatable bonds is 7. The summed E-state index contributed by atoms with van der Waals surface area (Å²) in [5.41, 5.74) is -0.213. The van der Waals surface area contributed by atoms with Crippen LogP contribution in [0.4, 0.5) is 0 Å². The quantitative estimate of drug-likeness (QED) is 0.770. The molecule has 0 saturated heterocycles. The molecule has 2 aromatic rings. The van der Waals surface area contributed by atoms with Gasteiger partial charge >= 0.3 is 0 Å². The van der Waals surface area contributed by atoms with Crippen LogP contribution < -0.4 is 5.32 Å². The fourth-order valence-electron chi connectivity index (χ4n) is 2.09. The summed E-state index contributed by atoms with van der Waals surface area (Å²) in [6.07, 6.45) is 2.18. The van der Waals surface area contributed by atoms with Crippen LogP contribution in [0.2, 0.25) is 0 Å². The zero-order valence-electron chi connectivity index (χ0n) is 14.1. The number of nitrogens with one attached hydrogen (secondary N) is 1. The first kappa shape index (κ1) is 18.0. The van der Waals surface area contributed by atoms with Gasteiger partial charge in [0.15, 0.2) is 11.0 Å². The Hall–Kier alpha value is -1.34. The normalized spacial score (nSPS) is 11.7. The van der Waals surface area contributed by atoms with Gasteiger partial charge in [0.05, 0.1) is 10.6 Å². The van der Waals surface area contributed by atoms with Crippen molar-refractivity contribution in [1.29, 1.82) is 0 Å². The highest BCUT2D eigenvalue weighted by molar-refractivity contribution is 7.99. The first-order valence-electron chi connectivity index (χ1n) is 7.81. The van der Waals surface area contributed by atoms with Crippen LogP contribution in [0.25, 0.3) is 10.7 Å². The van der Waals surface area contributed by atoms with Crippen molar-refractivity contribution >= 4 is 29.0 Å². The van der Waals surface area contributed by atoms with Crippen molar-refractivity contribution < 1.29 is 4.79 Å². The summed E-state index contributed by atoms with van der Waals surface area (Å²) in [6.45, 7) is 8.98. The molecule has 2 aromatic heterocycles. The standard InChI is InChI=1S/C16H24N4OS2/c1-5-6-9-20-14(12-8-7-10-22-12)18-19-15(20)23-11-13(21)17-16(2,3)4/h7-8,10H,5-6,9,11H2,1-4H3,(H,17,21). The summed E-state index contributed by atoms with van der Waals surface area (Å²) in [5.74, 6) is 1.27. The van der Waals surface area contributed by atoms with Gasteiger partial charge in [-0.3, -0.25) is 4.79 Å². The van der Waals surface area contributed by atoms with Crippen LogP contribution in [0.15, 0.2) is 22.7 Å². The van der Waals surface area contributed by atoms with E-state index in [1.807, 2.05) is 32.2 Å². The topological polar surface area (TPSA) is 59.8 Å². The number of thioether (sulfide) groups is 1. The van der Waals surface area contributed by atoms with Crippen LogP contribution in [0, 0.1) is 0 Å². The Labute approximate surface area is 145 Å². The smallest absolute Gasteiger partial charge is 0.230 e. The minimum Gasteiger partial charge on any atom is -0.351 e. The molecule has 0 unspecified atom stereocenters. The monoisotopic (exact) mass is 352 g/mol. The number of thiophene rings is 1. The van der Waals surface area contributed by atoms with Gasteiger partial charge in [-0.2, -0.15) is 0 Å². The van der Waals surface area contributed by atoms with Crippen LogP contribution >= 0.6 is 23.1 Å². The number of aromatic nitrogens is 3. The Bertz CT molecular complexity index is 629. The second-order valence-corrected chi connectivity index (χ2v) is 8.27. The average Bonchev–Trinajstić information content (AvgIpc) is 3.10. The third-order valence-electron chi connectivity index (χ3n) is 3.04. The van der Waals surface area contributed by atoms with E-state index in [0.717, 1.165) is 35.2 Å². The maximum Gasteiger partial charge on any atom is 0.230 e. The van der Waals surface area contributed by atoms with Crippen molar-refractivity contribution in [2.75, 3.05) is 5.75 Å². The van der Waals surface area contributed by atoms with E-state index in [9.17, 15) is 4.79 Å². The van der Waals surface area contributed by atoms with Gasteiger partial charge in [0, 0.05) is 12.1 Å². The second-order valence-electron chi connectivity index (χ2n) is 6.38. The van der Waals surface area contributed by atoms with Crippen molar-refractivity contribution in [3.63, 3.8) is 0 Å². The van der Waals surface area contributed by atoms with Crippen LogP contribution in [0.5, 0.6) is 0 Å². The number of hydrogen-bond donors (Lipinski definition) is 1. The SMILES string of the molecule is CCCCn1c(SCC(=O)NC(C)(C)C)nnc1-c1cccs1. The summed E-state index contributed by atoms with van der Waals surface area (Å²) < 4.78 is 2.13. The van der Waals surface area contributed by atoms with Gasteiger partial charge in [-0.1, -0.05) is 31.2 Å². The molecule has 126 valence electrons. The molecule has 0 aliphatic rings. The minimum absolute atomic E-state index is 0.0187. The average molecular weight is 353 g/mol. The van der Waals surface area contributed by atoms with Crippen LogP contribution in [0.1, 0.15) is 40.5 Å². The molecule has 0 saturated carbocycles. The summed E-state index contributed by atoms with van der Waals surface area (Å²) in [6, 6.07) is 4.07. The van der Waals surface area contributed by atoms with Crippen molar-refractivity contribution in [3.8, 4) is 10.7 Å². The van der Waals surface area contributed by atoms with Gasteiger partial charge in [0.1, 0.15) is 0 Å². The third-order valence-corrected chi connectivity index (χ3v) is 4.87. The predicted molar refractivity (Wildman–Crippen MR) is 96.9 cm³/mol. The van der Waals surface area contributed by atoms with Crippen LogP contribution in [0.3, 0.4) is 0 Å². The Morgan fingerprint density at radius 1 is 1.39 bits per heavy atom. The summed E-state index contributed by atoms with van der Waals surface area (Å²) in [4.78, 5) is 13.1. The molecule has 0 fully saturated rings. The van der Waals surface area contributed by atoms with E-state index in [1.165, 1.54) is 11.8 Å². The Balaban J connectivity index is 2.10. The number of hydrogen-bond acceptors (Lipinski definition) is 5. The molecule has 7 heteroatoms. The maximum absolute atomic E-state index is 12.0. The Morgan fingerprint density at radius 3 is 2.78 bits per heavy atom. The second kappa shape index (κ2) is 7.97. The maximum atomic E-state index is 12.0.